The minimum absolute atomic E-state index is 0.00317. The maximum atomic E-state index is 13.5. The van der Waals surface area contributed by atoms with Crippen LogP contribution in [-0.2, 0) is 11.3 Å². The fourth-order valence-corrected chi connectivity index (χ4v) is 4.13. The Morgan fingerprint density at radius 2 is 2.10 bits per heavy atom. The van der Waals surface area contributed by atoms with Crippen molar-refractivity contribution in [2.75, 3.05) is 20.3 Å². The Morgan fingerprint density at radius 3 is 2.86 bits per heavy atom. The summed E-state index contributed by atoms with van der Waals surface area (Å²) in [6.45, 7) is 6.03. The SMILES string of the molecule is COc1cccc(CN(CC2CCCO2)C(=O)c2cc3c(C)cc(C)cc3[nH]2)c1. The lowest BCUT2D eigenvalue weighted by Crippen LogP contribution is -2.37. The lowest BCUT2D eigenvalue weighted by Gasteiger charge is -2.25. The van der Waals surface area contributed by atoms with Crippen LogP contribution in [0.5, 0.6) is 5.75 Å². The van der Waals surface area contributed by atoms with Crippen LogP contribution in [0.4, 0.5) is 0 Å². The zero-order chi connectivity index (χ0) is 20.4. The number of nitrogens with one attached hydrogen (secondary N) is 1. The molecule has 1 N–H and O–H groups in total. The van der Waals surface area contributed by atoms with Gasteiger partial charge in [0.15, 0.2) is 0 Å². The monoisotopic (exact) mass is 392 g/mol. The molecule has 1 aromatic heterocycles. The minimum atomic E-state index is -0.00317. The number of aromatic nitrogens is 1. The van der Waals surface area contributed by atoms with Gasteiger partial charge in [0.05, 0.1) is 13.2 Å². The number of methoxy groups -OCH3 is 1. The number of benzene rings is 2. The van der Waals surface area contributed by atoms with Crippen LogP contribution in [0.2, 0.25) is 0 Å². The smallest absolute Gasteiger partial charge is 0.270 e. The fourth-order valence-electron chi connectivity index (χ4n) is 4.13. The largest absolute Gasteiger partial charge is 0.497 e. The van der Waals surface area contributed by atoms with Crippen molar-refractivity contribution in [2.45, 2.75) is 39.3 Å². The second kappa shape index (κ2) is 8.29. The molecular weight excluding hydrogens is 364 g/mol. The third-order valence-electron chi connectivity index (χ3n) is 5.56. The number of amides is 1. The average molecular weight is 392 g/mol. The van der Waals surface area contributed by atoms with E-state index in [1.165, 1.54) is 11.1 Å². The number of aryl methyl sites for hydroxylation is 2. The summed E-state index contributed by atoms with van der Waals surface area (Å²) in [5, 5.41) is 1.09. The molecule has 5 heteroatoms. The molecule has 1 atom stereocenters. The third kappa shape index (κ3) is 4.30. The van der Waals surface area contributed by atoms with Crippen LogP contribution in [0.25, 0.3) is 10.9 Å². The molecule has 1 fully saturated rings. The molecule has 2 aromatic carbocycles. The van der Waals surface area contributed by atoms with Crippen molar-refractivity contribution in [3.05, 3.63) is 64.8 Å². The summed E-state index contributed by atoms with van der Waals surface area (Å²) in [4.78, 5) is 18.7. The summed E-state index contributed by atoms with van der Waals surface area (Å²) >= 11 is 0. The minimum Gasteiger partial charge on any atom is -0.497 e. The van der Waals surface area contributed by atoms with Gasteiger partial charge in [-0.2, -0.15) is 0 Å². The molecule has 0 aliphatic carbocycles. The molecule has 29 heavy (non-hydrogen) atoms. The molecule has 2 heterocycles. The maximum Gasteiger partial charge on any atom is 0.270 e. The Morgan fingerprint density at radius 1 is 1.24 bits per heavy atom. The number of H-pyrrole nitrogens is 1. The number of carbonyl (C=O) groups is 1. The number of ether oxygens (including phenoxy) is 2. The van der Waals surface area contributed by atoms with Crippen molar-refractivity contribution >= 4 is 16.8 Å². The highest BCUT2D eigenvalue weighted by atomic mass is 16.5. The summed E-state index contributed by atoms with van der Waals surface area (Å²) in [5.74, 6) is 0.792. The maximum absolute atomic E-state index is 13.5. The number of fused-ring (bicyclic) bond motifs is 1. The van der Waals surface area contributed by atoms with Gasteiger partial charge in [-0.15, -0.1) is 0 Å². The van der Waals surface area contributed by atoms with Gasteiger partial charge in [-0.05, 0) is 67.6 Å². The first-order valence-electron chi connectivity index (χ1n) is 10.2. The molecular formula is C24H28N2O3. The first kappa shape index (κ1) is 19.5. The van der Waals surface area contributed by atoms with Crippen LogP contribution < -0.4 is 4.74 Å². The van der Waals surface area contributed by atoms with E-state index >= 15 is 0 Å². The number of carbonyl (C=O) groups excluding carboxylic acids is 1. The molecule has 152 valence electrons. The Labute approximate surface area is 171 Å². The van der Waals surface area contributed by atoms with Crippen LogP contribution in [0.3, 0.4) is 0 Å². The standard InChI is InChI=1S/C24H28N2O3/c1-16-10-17(2)21-13-23(25-22(21)11-16)24(27)26(15-20-8-5-9-29-20)14-18-6-4-7-19(12-18)28-3/h4,6-7,10-13,20,25H,5,8-9,14-15H2,1-3H3. The van der Waals surface area contributed by atoms with Crippen molar-refractivity contribution in [3.8, 4) is 5.75 Å². The number of aromatic amines is 1. The average Bonchev–Trinajstić information content (AvgIpc) is 3.37. The van der Waals surface area contributed by atoms with Gasteiger partial charge in [0, 0.05) is 30.6 Å². The van der Waals surface area contributed by atoms with E-state index in [1.54, 1.807) is 7.11 Å². The predicted molar refractivity (Wildman–Crippen MR) is 114 cm³/mol. The van der Waals surface area contributed by atoms with Crippen molar-refractivity contribution in [1.29, 1.82) is 0 Å². The second-order valence-corrected chi connectivity index (χ2v) is 7.90. The number of hydrogen-bond acceptors (Lipinski definition) is 3. The summed E-state index contributed by atoms with van der Waals surface area (Å²) in [6, 6.07) is 14.1. The molecule has 0 spiro atoms. The van der Waals surface area contributed by atoms with Crippen LogP contribution in [0.15, 0.2) is 42.5 Å². The van der Waals surface area contributed by atoms with Crippen LogP contribution in [-0.4, -0.2) is 42.2 Å². The van der Waals surface area contributed by atoms with E-state index < -0.39 is 0 Å². The van der Waals surface area contributed by atoms with Crippen molar-refractivity contribution in [1.82, 2.24) is 9.88 Å². The molecule has 3 aromatic rings. The van der Waals surface area contributed by atoms with E-state index in [0.29, 0.717) is 18.8 Å². The van der Waals surface area contributed by atoms with E-state index in [0.717, 1.165) is 41.7 Å². The molecule has 0 radical (unpaired) electrons. The summed E-state index contributed by atoms with van der Waals surface area (Å²) in [7, 11) is 1.66. The zero-order valence-corrected chi connectivity index (χ0v) is 17.3. The van der Waals surface area contributed by atoms with Crippen LogP contribution in [0, 0.1) is 13.8 Å². The lowest BCUT2D eigenvalue weighted by molar-refractivity contribution is 0.0503. The summed E-state index contributed by atoms with van der Waals surface area (Å²) in [6.07, 6.45) is 2.14. The van der Waals surface area contributed by atoms with E-state index in [2.05, 4.69) is 31.0 Å². The zero-order valence-electron chi connectivity index (χ0n) is 17.3. The Kier molecular flexibility index (Phi) is 5.58. The highest BCUT2D eigenvalue weighted by Gasteiger charge is 2.25. The van der Waals surface area contributed by atoms with Gasteiger partial charge in [-0.25, -0.2) is 0 Å². The normalized spacial score (nSPS) is 16.3. The molecule has 1 amide bonds. The highest BCUT2D eigenvalue weighted by molar-refractivity contribution is 5.99. The lowest BCUT2D eigenvalue weighted by atomic mass is 10.1. The van der Waals surface area contributed by atoms with Gasteiger partial charge in [0.25, 0.3) is 5.91 Å². The molecule has 1 saturated heterocycles. The molecule has 0 bridgehead atoms. The topological polar surface area (TPSA) is 54.6 Å². The summed E-state index contributed by atoms with van der Waals surface area (Å²) < 4.78 is 11.2. The quantitative estimate of drug-likeness (QED) is 0.666. The first-order chi connectivity index (χ1) is 14.0. The molecule has 5 nitrogen and oxygen atoms in total. The Hall–Kier alpha value is -2.79. The summed E-state index contributed by atoms with van der Waals surface area (Å²) in [5.41, 5.74) is 5.02. The number of nitrogens with zero attached hydrogens (tertiary/aromatic N) is 1. The highest BCUT2D eigenvalue weighted by Crippen LogP contribution is 2.24. The Bertz CT molecular complexity index is 1020. The third-order valence-corrected chi connectivity index (χ3v) is 5.56. The van der Waals surface area contributed by atoms with Gasteiger partial charge < -0.3 is 19.4 Å². The molecule has 0 saturated carbocycles. The molecule has 1 aliphatic rings. The number of rotatable bonds is 6. The van der Waals surface area contributed by atoms with E-state index in [1.807, 2.05) is 35.2 Å². The van der Waals surface area contributed by atoms with Gasteiger partial charge in [0.2, 0.25) is 0 Å². The van der Waals surface area contributed by atoms with E-state index in [9.17, 15) is 4.79 Å². The van der Waals surface area contributed by atoms with Crippen molar-refractivity contribution in [2.24, 2.45) is 0 Å². The second-order valence-electron chi connectivity index (χ2n) is 7.90. The van der Waals surface area contributed by atoms with Crippen LogP contribution in [0.1, 0.15) is 40.0 Å². The van der Waals surface area contributed by atoms with Gasteiger partial charge in [0.1, 0.15) is 11.4 Å². The predicted octanol–water partition coefficient (Wildman–Crippen LogP) is 4.61. The molecule has 1 aliphatic heterocycles. The number of hydrogen-bond donors (Lipinski definition) is 1. The van der Waals surface area contributed by atoms with Gasteiger partial charge >= 0.3 is 0 Å². The van der Waals surface area contributed by atoms with Gasteiger partial charge in [-0.3, -0.25) is 4.79 Å². The molecule has 1 unspecified atom stereocenters. The molecule has 4 rings (SSSR count). The van der Waals surface area contributed by atoms with Crippen LogP contribution >= 0.6 is 0 Å². The van der Waals surface area contributed by atoms with E-state index in [4.69, 9.17) is 9.47 Å². The first-order valence-corrected chi connectivity index (χ1v) is 10.2. The Balaban J connectivity index is 1.63. The fraction of sp³-hybridized carbons (Fsp3) is 0.375. The van der Waals surface area contributed by atoms with E-state index in [-0.39, 0.29) is 12.0 Å². The van der Waals surface area contributed by atoms with Crippen molar-refractivity contribution < 1.29 is 14.3 Å². The van der Waals surface area contributed by atoms with Gasteiger partial charge in [-0.1, -0.05) is 18.2 Å². The van der Waals surface area contributed by atoms with Crippen molar-refractivity contribution in [3.63, 3.8) is 0 Å².